The van der Waals surface area contributed by atoms with Gasteiger partial charge < -0.3 is 15.4 Å². The lowest BCUT2D eigenvalue weighted by Crippen LogP contribution is -2.45. The number of carbonyl (C=O) groups is 2. The highest BCUT2D eigenvalue weighted by atomic mass is 16.5. The van der Waals surface area contributed by atoms with Crippen molar-refractivity contribution in [3.8, 4) is 5.75 Å². The van der Waals surface area contributed by atoms with Gasteiger partial charge in [0, 0.05) is 11.4 Å². The lowest BCUT2D eigenvalue weighted by atomic mass is 10.1. The second-order valence-electron chi connectivity index (χ2n) is 6.56. The summed E-state index contributed by atoms with van der Waals surface area (Å²) >= 11 is 0. The van der Waals surface area contributed by atoms with E-state index in [0.29, 0.717) is 12.2 Å². The summed E-state index contributed by atoms with van der Waals surface area (Å²) in [6, 6.07) is 14.5. The lowest BCUT2D eigenvalue weighted by Gasteiger charge is -2.26. The maximum atomic E-state index is 12.6. The summed E-state index contributed by atoms with van der Waals surface area (Å²) < 4.78 is 5.11. The number of nitrogens with zero attached hydrogens (tertiary/aromatic N) is 1. The molecule has 0 fully saturated rings. The van der Waals surface area contributed by atoms with Crippen molar-refractivity contribution in [3.05, 3.63) is 54.1 Å². The minimum Gasteiger partial charge on any atom is -0.497 e. The Balaban J connectivity index is 1.92. The molecule has 0 aliphatic heterocycles. The zero-order valence-electron chi connectivity index (χ0n) is 17.0. The van der Waals surface area contributed by atoms with Crippen LogP contribution in [0.2, 0.25) is 0 Å². The second-order valence-corrected chi connectivity index (χ2v) is 6.56. The molecular formula is C22H29N3O3. The summed E-state index contributed by atoms with van der Waals surface area (Å²) in [5, 5.41) is 5.76. The first-order chi connectivity index (χ1) is 13.5. The molecule has 0 aliphatic carbocycles. The van der Waals surface area contributed by atoms with E-state index < -0.39 is 6.04 Å². The van der Waals surface area contributed by atoms with Gasteiger partial charge in [-0.1, -0.05) is 26.0 Å². The van der Waals surface area contributed by atoms with Crippen molar-refractivity contribution in [3.63, 3.8) is 0 Å². The molecule has 0 aliphatic rings. The monoisotopic (exact) mass is 383 g/mol. The van der Waals surface area contributed by atoms with Crippen molar-refractivity contribution in [2.24, 2.45) is 0 Å². The Hall–Kier alpha value is -2.86. The van der Waals surface area contributed by atoms with Gasteiger partial charge in [-0.3, -0.25) is 14.5 Å². The molecule has 6 nitrogen and oxygen atoms in total. The quantitative estimate of drug-likeness (QED) is 0.695. The molecule has 0 bridgehead atoms. The topological polar surface area (TPSA) is 70.7 Å². The van der Waals surface area contributed by atoms with Gasteiger partial charge in [0.2, 0.25) is 11.8 Å². The van der Waals surface area contributed by atoms with Gasteiger partial charge in [-0.05, 0) is 61.9 Å². The first-order valence-corrected chi connectivity index (χ1v) is 9.54. The molecule has 28 heavy (non-hydrogen) atoms. The summed E-state index contributed by atoms with van der Waals surface area (Å²) in [6.07, 6.45) is 0.956. The van der Waals surface area contributed by atoms with Crippen LogP contribution in [0.15, 0.2) is 48.5 Å². The number of likely N-dealkylation sites (N-methyl/N-ethyl adjacent to an activating group) is 1. The molecule has 150 valence electrons. The largest absolute Gasteiger partial charge is 0.497 e. The van der Waals surface area contributed by atoms with Gasteiger partial charge in [0.1, 0.15) is 5.75 Å². The maximum Gasteiger partial charge on any atom is 0.241 e. The predicted octanol–water partition coefficient (Wildman–Crippen LogP) is 3.55. The van der Waals surface area contributed by atoms with E-state index in [2.05, 4.69) is 17.6 Å². The number of rotatable bonds is 9. The molecule has 6 heteroatoms. The second kappa shape index (κ2) is 10.5. The highest BCUT2D eigenvalue weighted by molar-refractivity contribution is 5.96. The number of carbonyl (C=O) groups excluding carboxylic acids is 2. The van der Waals surface area contributed by atoms with Crippen molar-refractivity contribution < 1.29 is 14.3 Å². The Morgan fingerprint density at radius 2 is 1.54 bits per heavy atom. The van der Waals surface area contributed by atoms with Crippen molar-refractivity contribution in [2.75, 3.05) is 30.8 Å². The van der Waals surface area contributed by atoms with E-state index in [1.807, 2.05) is 36.1 Å². The molecule has 0 saturated carbocycles. The molecule has 1 unspecified atom stereocenters. The molecule has 0 spiro atoms. The molecule has 2 aromatic rings. The molecular weight excluding hydrogens is 354 g/mol. The number of hydrogen-bond donors (Lipinski definition) is 2. The molecule has 1 atom stereocenters. The summed E-state index contributed by atoms with van der Waals surface area (Å²) in [4.78, 5) is 26.8. The number of nitrogens with one attached hydrogen (secondary N) is 2. The van der Waals surface area contributed by atoms with Crippen LogP contribution in [0.1, 0.15) is 26.3 Å². The Kier molecular flexibility index (Phi) is 8.02. The molecule has 2 N–H and O–H groups in total. The van der Waals surface area contributed by atoms with Crippen LogP contribution in [0.4, 0.5) is 11.4 Å². The van der Waals surface area contributed by atoms with E-state index in [1.165, 1.54) is 5.56 Å². The molecule has 0 saturated heterocycles. The third-order valence-electron chi connectivity index (χ3n) is 4.68. The fraction of sp³-hybridized carbons (Fsp3) is 0.364. The highest BCUT2D eigenvalue weighted by Gasteiger charge is 2.22. The van der Waals surface area contributed by atoms with Gasteiger partial charge in [0.25, 0.3) is 0 Å². The average molecular weight is 383 g/mol. The summed E-state index contributed by atoms with van der Waals surface area (Å²) in [6.45, 7) is 6.54. The fourth-order valence-corrected chi connectivity index (χ4v) is 2.82. The Bertz CT molecular complexity index is 773. The molecule has 2 rings (SSSR count). The lowest BCUT2D eigenvalue weighted by molar-refractivity contribution is -0.123. The van der Waals surface area contributed by atoms with Gasteiger partial charge in [0.05, 0.1) is 19.7 Å². The first kappa shape index (κ1) is 21.4. The van der Waals surface area contributed by atoms with E-state index in [4.69, 9.17) is 4.74 Å². The van der Waals surface area contributed by atoms with Crippen LogP contribution in [-0.4, -0.2) is 43.0 Å². The summed E-state index contributed by atoms with van der Waals surface area (Å²) in [5.41, 5.74) is 2.67. The molecule has 2 aromatic carbocycles. The van der Waals surface area contributed by atoms with Gasteiger partial charge >= 0.3 is 0 Å². The maximum absolute atomic E-state index is 12.6. The van der Waals surface area contributed by atoms with Crippen LogP contribution in [0.25, 0.3) is 0 Å². The third kappa shape index (κ3) is 6.09. The molecule has 0 aromatic heterocycles. The predicted molar refractivity (Wildman–Crippen MR) is 113 cm³/mol. The van der Waals surface area contributed by atoms with Crippen LogP contribution in [-0.2, 0) is 16.0 Å². The van der Waals surface area contributed by atoms with Gasteiger partial charge in [0.15, 0.2) is 0 Å². The van der Waals surface area contributed by atoms with E-state index in [-0.39, 0.29) is 18.4 Å². The number of amides is 2. The first-order valence-electron chi connectivity index (χ1n) is 9.54. The number of aryl methyl sites for hydroxylation is 1. The molecule has 0 heterocycles. The third-order valence-corrected chi connectivity index (χ3v) is 4.68. The van der Waals surface area contributed by atoms with Crippen molar-refractivity contribution in [2.45, 2.75) is 33.2 Å². The van der Waals surface area contributed by atoms with E-state index in [0.717, 1.165) is 17.9 Å². The zero-order valence-corrected chi connectivity index (χ0v) is 17.0. The minimum atomic E-state index is -0.433. The zero-order chi connectivity index (χ0) is 20.5. The van der Waals surface area contributed by atoms with E-state index in [9.17, 15) is 9.59 Å². The van der Waals surface area contributed by atoms with Crippen LogP contribution >= 0.6 is 0 Å². The van der Waals surface area contributed by atoms with E-state index >= 15 is 0 Å². The van der Waals surface area contributed by atoms with Crippen LogP contribution in [0.3, 0.4) is 0 Å². The highest BCUT2D eigenvalue weighted by Crippen LogP contribution is 2.15. The Morgan fingerprint density at radius 3 is 2.07 bits per heavy atom. The Morgan fingerprint density at radius 1 is 0.964 bits per heavy atom. The van der Waals surface area contributed by atoms with E-state index in [1.54, 1.807) is 38.3 Å². The standard InChI is InChI=1S/C22H29N3O3/c1-5-17-7-9-19(10-8-17)24-22(27)16(3)25(6-2)15-21(26)23-18-11-13-20(28-4)14-12-18/h7-14,16H,5-6,15H2,1-4H3,(H,23,26)(H,24,27). The minimum absolute atomic E-state index is 0.131. The number of anilines is 2. The van der Waals surface area contributed by atoms with Crippen LogP contribution in [0, 0.1) is 0 Å². The smallest absolute Gasteiger partial charge is 0.241 e. The Labute approximate surface area is 166 Å². The molecule has 0 radical (unpaired) electrons. The van der Waals surface area contributed by atoms with Crippen molar-refractivity contribution in [1.82, 2.24) is 4.90 Å². The number of ether oxygens (including phenoxy) is 1. The van der Waals surface area contributed by atoms with Crippen LogP contribution in [0.5, 0.6) is 5.75 Å². The van der Waals surface area contributed by atoms with Gasteiger partial charge in [-0.25, -0.2) is 0 Å². The summed E-state index contributed by atoms with van der Waals surface area (Å²) in [5.74, 6) is 0.424. The number of hydrogen-bond acceptors (Lipinski definition) is 4. The van der Waals surface area contributed by atoms with Crippen LogP contribution < -0.4 is 15.4 Å². The number of methoxy groups -OCH3 is 1. The molecule has 2 amide bonds. The van der Waals surface area contributed by atoms with Gasteiger partial charge in [-0.2, -0.15) is 0 Å². The van der Waals surface area contributed by atoms with Crippen molar-refractivity contribution >= 4 is 23.2 Å². The average Bonchev–Trinajstić information content (AvgIpc) is 2.72. The summed E-state index contributed by atoms with van der Waals surface area (Å²) in [7, 11) is 1.59. The SMILES string of the molecule is CCc1ccc(NC(=O)C(C)N(CC)CC(=O)Nc2ccc(OC)cc2)cc1. The van der Waals surface area contributed by atoms with Crippen molar-refractivity contribution in [1.29, 1.82) is 0 Å². The number of benzene rings is 2. The van der Waals surface area contributed by atoms with Gasteiger partial charge in [-0.15, -0.1) is 0 Å². The fourth-order valence-electron chi connectivity index (χ4n) is 2.82. The normalized spacial score (nSPS) is 11.8.